The summed E-state index contributed by atoms with van der Waals surface area (Å²) in [4.78, 5) is 4.33. The number of halogens is 1. The molecule has 1 N–H and O–H groups in total. The van der Waals surface area contributed by atoms with E-state index in [1.54, 1.807) is 12.1 Å². The molecule has 1 aliphatic rings. The number of nitrogens with one attached hydrogen (secondary N) is 1. The van der Waals surface area contributed by atoms with Crippen molar-refractivity contribution in [2.45, 2.75) is 38.1 Å². The summed E-state index contributed by atoms with van der Waals surface area (Å²) in [6.07, 6.45) is 5.53. The lowest BCUT2D eigenvalue weighted by molar-refractivity contribution is 0.342. The number of aryl methyl sites for hydroxylation is 1. The highest BCUT2D eigenvalue weighted by atomic mass is 19.1. The van der Waals surface area contributed by atoms with E-state index in [9.17, 15) is 4.39 Å². The van der Waals surface area contributed by atoms with E-state index in [4.69, 9.17) is 4.52 Å². The molecule has 0 bridgehead atoms. The zero-order chi connectivity index (χ0) is 13.8. The van der Waals surface area contributed by atoms with Gasteiger partial charge in [-0.25, -0.2) is 4.39 Å². The predicted octanol–water partition coefficient (Wildman–Crippen LogP) is 2.95. The minimum Gasteiger partial charge on any atom is -0.339 e. The van der Waals surface area contributed by atoms with Gasteiger partial charge in [-0.2, -0.15) is 4.98 Å². The lowest BCUT2D eigenvalue weighted by Gasteiger charge is -2.22. The topological polar surface area (TPSA) is 51.0 Å². The van der Waals surface area contributed by atoms with Crippen LogP contribution in [-0.4, -0.2) is 22.7 Å². The van der Waals surface area contributed by atoms with Gasteiger partial charge in [-0.3, -0.25) is 0 Å². The molecule has 1 saturated heterocycles. The fourth-order valence-electron chi connectivity index (χ4n) is 2.57. The van der Waals surface area contributed by atoms with Crippen molar-refractivity contribution in [1.29, 1.82) is 0 Å². The third-order valence-electron chi connectivity index (χ3n) is 3.67. The first kappa shape index (κ1) is 13.2. The van der Waals surface area contributed by atoms with Crippen molar-refractivity contribution in [3.8, 4) is 11.4 Å². The average Bonchev–Trinajstić information content (AvgIpc) is 2.95. The summed E-state index contributed by atoms with van der Waals surface area (Å²) in [7, 11) is 0. The fourth-order valence-corrected chi connectivity index (χ4v) is 2.57. The SMILES string of the molecule is Fc1cccc(-c2noc(CCC3CCCCN3)n2)c1. The van der Waals surface area contributed by atoms with E-state index < -0.39 is 0 Å². The molecule has 1 fully saturated rings. The lowest BCUT2D eigenvalue weighted by Crippen LogP contribution is -2.34. The second kappa shape index (κ2) is 6.13. The lowest BCUT2D eigenvalue weighted by atomic mass is 10.0. The summed E-state index contributed by atoms with van der Waals surface area (Å²) < 4.78 is 18.4. The van der Waals surface area contributed by atoms with Gasteiger partial charge in [0.05, 0.1) is 0 Å². The van der Waals surface area contributed by atoms with Crippen molar-refractivity contribution in [3.63, 3.8) is 0 Å². The van der Waals surface area contributed by atoms with Crippen molar-refractivity contribution >= 4 is 0 Å². The Balaban J connectivity index is 1.61. The number of aromatic nitrogens is 2. The van der Waals surface area contributed by atoms with E-state index in [1.165, 1.54) is 31.4 Å². The molecule has 1 unspecified atom stereocenters. The zero-order valence-electron chi connectivity index (χ0n) is 11.3. The van der Waals surface area contributed by atoms with Gasteiger partial charge in [-0.05, 0) is 37.9 Å². The van der Waals surface area contributed by atoms with Gasteiger partial charge in [0.25, 0.3) is 0 Å². The van der Waals surface area contributed by atoms with Crippen LogP contribution in [0.15, 0.2) is 28.8 Å². The molecule has 0 amide bonds. The van der Waals surface area contributed by atoms with Gasteiger partial charge in [-0.15, -0.1) is 0 Å². The molecule has 0 spiro atoms. The molecule has 4 nitrogen and oxygen atoms in total. The van der Waals surface area contributed by atoms with Gasteiger partial charge in [0, 0.05) is 18.0 Å². The molecule has 106 valence electrons. The molecule has 5 heteroatoms. The number of hydrogen-bond donors (Lipinski definition) is 1. The van der Waals surface area contributed by atoms with Gasteiger partial charge in [-0.1, -0.05) is 23.7 Å². The van der Waals surface area contributed by atoms with Crippen molar-refractivity contribution in [1.82, 2.24) is 15.5 Å². The molecule has 3 rings (SSSR count). The first-order chi connectivity index (χ1) is 9.81. The van der Waals surface area contributed by atoms with E-state index in [2.05, 4.69) is 15.5 Å². The number of nitrogens with zero attached hydrogens (tertiary/aromatic N) is 2. The third-order valence-corrected chi connectivity index (χ3v) is 3.67. The van der Waals surface area contributed by atoms with Crippen LogP contribution in [0.25, 0.3) is 11.4 Å². The van der Waals surface area contributed by atoms with Gasteiger partial charge in [0.15, 0.2) is 0 Å². The predicted molar refractivity (Wildman–Crippen MR) is 73.7 cm³/mol. The zero-order valence-corrected chi connectivity index (χ0v) is 11.3. The number of benzene rings is 1. The molecule has 0 aliphatic carbocycles. The van der Waals surface area contributed by atoms with Crippen LogP contribution in [0, 0.1) is 5.82 Å². The molecule has 0 radical (unpaired) electrons. The maximum absolute atomic E-state index is 13.2. The smallest absolute Gasteiger partial charge is 0.227 e. The summed E-state index contributed by atoms with van der Waals surface area (Å²) in [5, 5.41) is 7.41. The van der Waals surface area contributed by atoms with Crippen LogP contribution in [0.1, 0.15) is 31.6 Å². The van der Waals surface area contributed by atoms with E-state index in [1.807, 2.05) is 0 Å². The molecule has 1 aromatic heterocycles. The fraction of sp³-hybridized carbons (Fsp3) is 0.467. The minimum absolute atomic E-state index is 0.291. The second-order valence-corrected chi connectivity index (χ2v) is 5.21. The van der Waals surface area contributed by atoms with Gasteiger partial charge in [0.1, 0.15) is 5.82 Å². The maximum atomic E-state index is 13.2. The normalized spacial score (nSPS) is 19.1. The molecular weight excluding hydrogens is 257 g/mol. The van der Waals surface area contributed by atoms with Crippen LogP contribution >= 0.6 is 0 Å². The largest absolute Gasteiger partial charge is 0.339 e. The van der Waals surface area contributed by atoms with E-state index in [-0.39, 0.29) is 5.82 Å². The van der Waals surface area contributed by atoms with Crippen molar-refractivity contribution in [2.24, 2.45) is 0 Å². The summed E-state index contributed by atoms with van der Waals surface area (Å²) in [6, 6.07) is 6.79. The summed E-state index contributed by atoms with van der Waals surface area (Å²) in [6.45, 7) is 1.10. The van der Waals surface area contributed by atoms with Crippen LogP contribution in [0.4, 0.5) is 4.39 Å². The van der Waals surface area contributed by atoms with Crippen LogP contribution < -0.4 is 5.32 Å². The second-order valence-electron chi connectivity index (χ2n) is 5.21. The Bertz CT molecular complexity index is 564. The molecule has 1 aliphatic heterocycles. The Morgan fingerprint density at radius 2 is 2.30 bits per heavy atom. The summed E-state index contributed by atoms with van der Waals surface area (Å²) >= 11 is 0. The Labute approximate surface area is 117 Å². The van der Waals surface area contributed by atoms with E-state index >= 15 is 0 Å². The highest BCUT2D eigenvalue weighted by Gasteiger charge is 2.15. The monoisotopic (exact) mass is 275 g/mol. The quantitative estimate of drug-likeness (QED) is 0.932. The first-order valence-corrected chi connectivity index (χ1v) is 7.13. The summed E-state index contributed by atoms with van der Waals surface area (Å²) in [5.41, 5.74) is 0.649. The van der Waals surface area contributed by atoms with Crippen molar-refractivity contribution in [2.75, 3.05) is 6.54 Å². The molecule has 2 aromatic rings. The number of hydrogen-bond acceptors (Lipinski definition) is 4. The summed E-state index contributed by atoms with van der Waals surface area (Å²) in [5.74, 6) is 0.785. The van der Waals surface area contributed by atoms with Crippen molar-refractivity contribution in [3.05, 3.63) is 36.0 Å². The number of rotatable bonds is 4. The standard InChI is InChI=1S/C15H18FN3O/c16-12-5-3-4-11(10-12)15-18-14(20-19-15)8-7-13-6-1-2-9-17-13/h3-5,10,13,17H,1-2,6-9H2. The highest BCUT2D eigenvalue weighted by molar-refractivity contribution is 5.53. The Morgan fingerprint density at radius 1 is 1.35 bits per heavy atom. The Hall–Kier alpha value is -1.75. The van der Waals surface area contributed by atoms with Gasteiger partial charge in [0.2, 0.25) is 11.7 Å². The van der Waals surface area contributed by atoms with Crippen LogP contribution in [0.2, 0.25) is 0 Å². The molecule has 1 atom stereocenters. The Morgan fingerprint density at radius 3 is 3.10 bits per heavy atom. The van der Waals surface area contributed by atoms with E-state index in [0.29, 0.717) is 23.3 Å². The van der Waals surface area contributed by atoms with Crippen LogP contribution in [0.3, 0.4) is 0 Å². The number of piperidine rings is 1. The van der Waals surface area contributed by atoms with Gasteiger partial charge >= 0.3 is 0 Å². The maximum Gasteiger partial charge on any atom is 0.227 e. The first-order valence-electron chi connectivity index (χ1n) is 7.13. The van der Waals surface area contributed by atoms with Crippen molar-refractivity contribution < 1.29 is 8.91 Å². The van der Waals surface area contributed by atoms with Crippen LogP contribution in [0.5, 0.6) is 0 Å². The Kier molecular flexibility index (Phi) is 4.06. The molecular formula is C15H18FN3O. The third kappa shape index (κ3) is 3.22. The van der Waals surface area contributed by atoms with Gasteiger partial charge < -0.3 is 9.84 Å². The average molecular weight is 275 g/mol. The minimum atomic E-state index is -0.291. The molecule has 0 saturated carbocycles. The molecule has 1 aromatic carbocycles. The molecule has 20 heavy (non-hydrogen) atoms. The highest BCUT2D eigenvalue weighted by Crippen LogP contribution is 2.18. The molecule has 2 heterocycles. The van der Waals surface area contributed by atoms with E-state index in [0.717, 1.165) is 19.4 Å². The van der Waals surface area contributed by atoms with Crippen LogP contribution in [-0.2, 0) is 6.42 Å².